The predicted molar refractivity (Wildman–Crippen MR) is 70.5 cm³/mol. The molecule has 0 saturated carbocycles. The molecule has 1 aromatic heterocycles. The van der Waals surface area contributed by atoms with Gasteiger partial charge < -0.3 is 21.0 Å². The van der Waals surface area contributed by atoms with Crippen molar-refractivity contribution in [2.45, 2.75) is 6.54 Å². The second kappa shape index (κ2) is 6.84. The Labute approximate surface area is 119 Å². The first-order valence-electron chi connectivity index (χ1n) is 5.89. The van der Waals surface area contributed by atoms with Crippen molar-refractivity contribution in [1.29, 1.82) is 0 Å². The van der Waals surface area contributed by atoms with E-state index in [4.69, 9.17) is 15.7 Å². The molecule has 0 saturated heterocycles. The highest BCUT2D eigenvalue weighted by Crippen LogP contribution is 2.17. The van der Waals surface area contributed by atoms with Gasteiger partial charge in [-0.25, -0.2) is 0 Å². The van der Waals surface area contributed by atoms with Crippen molar-refractivity contribution in [3.05, 3.63) is 35.7 Å². The first kappa shape index (κ1) is 14.2. The molecular formula is C11H13N7O3. The molecule has 5 N–H and O–H groups in total. The molecule has 0 spiro atoms. The highest BCUT2D eigenvalue weighted by Gasteiger charge is 2.10. The fraction of sp³-hybridized carbons (Fsp3) is 0.182. The number of aromatic nitrogens is 4. The van der Waals surface area contributed by atoms with Crippen LogP contribution in [0.15, 0.2) is 29.4 Å². The number of benzene rings is 1. The summed E-state index contributed by atoms with van der Waals surface area (Å²) in [5, 5.41) is 27.2. The summed E-state index contributed by atoms with van der Waals surface area (Å²) < 4.78 is 5.34. The lowest BCUT2D eigenvalue weighted by Crippen LogP contribution is -2.29. The molecule has 110 valence electrons. The van der Waals surface area contributed by atoms with Crippen molar-refractivity contribution in [1.82, 2.24) is 25.9 Å². The third-order valence-corrected chi connectivity index (χ3v) is 2.46. The summed E-state index contributed by atoms with van der Waals surface area (Å²) in [7, 11) is 0. The van der Waals surface area contributed by atoms with E-state index in [-0.39, 0.29) is 24.9 Å². The van der Waals surface area contributed by atoms with Crippen LogP contribution in [0.1, 0.15) is 11.4 Å². The summed E-state index contributed by atoms with van der Waals surface area (Å²) >= 11 is 0. The minimum Gasteiger partial charge on any atom is -0.483 e. The Morgan fingerprint density at radius 1 is 1.48 bits per heavy atom. The Morgan fingerprint density at radius 3 is 3.00 bits per heavy atom. The molecule has 0 bridgehead atoms. The van der Waals surface area contributed by atoms with Gasteiger partial charge in [0.25, 0.3) is 5.91 Å². The van der Waals surface area contributed by atoms with E-state index >= 15 is 0 Å². The molecule has 0 unspecified atom stereocenters. The average molecular weight is 291 g/mol. The zero-order valence-electron chi connectivity index (χ0n) is 10.9. The first-order valence-corrected chi connectivity index (χ1v) is 5.89. The number of rotatable bonds is 6. The van der Waals surface area contributed by atoms with Gasteiger partial charge in [0.1, 0.15) is 5.75 Å². The van der Waals surface area contributed by atoms with E-state index in [1.165, 1.54) is 0 Å². The molecule has 0 aliphatic carbocycles. The van der Waals surface area contributed by atoms with Gasteiger partial charge in [0.15, 0.2) is 18.3 Å². The molecule has 0 fully saturated rings. The van der Waals surface area contributed by atoms with Gasteiger partial charge in [0, 0.05) is 0 Å². The molecule has 0 radical (unpaired) electrons. The molecular weight excluding hydrogens is 278 g/mol. The molecule has 0 atom stereocenters. The van der Waals surface area contributed by atoms with E-state index in [2.05, 4.69) is 31.1 Å². The van der Waals surface area contributed by atoms with E-state index in [1.54, 1.807) is 24.3 Å². The van der Waals surface area contributed by atoms with Gasteiger partial charge in [-0.2, -0.15) is 5.21 Å². The van der Waals surface area contributed by atoms with Crippen molar-refractivity contribution >= 4 is 11.7 Å². The van der Waals surface area contributed by atoms with E-state index in [9.17, 15) is 4.79 Å². The number of amides is 1. The highest BCUT2D eigenvalue weighted by molar-refractivity contribution is 5.99. The zero-order chi connectivity index (χ0) is 15.1. The van der Waals surface area contributed by atoms with Crippen LogP contribution < -0.4 is 15.8 Å². The van der Waals surface area contributed by atoms with Crippen LogP contribution in [0.25, 0.3) is 0 Å². The Morgan fingerprint density at radius 2 is 2.29 bits per heavy atom. The summed E-state index contributed by atoms with van der Waals surface area (Å²) in [6.07, 6.45) is 0. The summed E-state index contributed by atoms with van der Waals surface area (Å²) in [6.45, 7) is -0.0891. The Bertz CT molecular complexity index is 627. The molecule has 1 amide bonds. The number of aromatic amines is 1. The monoisotopic (exact) mass is 291 g/mol. The molecule has 10 heteroatoms. The Hall–Kier alpha value is -3.17. The van der Waals surface area contributed by atoms with Crippen molar-refractivity contribution in [3.8, 4) is 5.75 Å². The lowest BCUT2D eigenvalue weighted by molar-refractivity contribution is -0.123. The maximum Gasteiger partial charge on any atom is 0.258 e. The summed E-state index contributed by atoms with van der Waals surface area (Å²) in [5.74, 6) is 0.231. The number of amidine groups is 1. The number of nitrogens with two attached hydrogens (primary N) is 1. The van der Waals surface area contributed by atoms with Crippen LogP contribution in [0, 0.1) is 0 Å². The Balaban J connectivity index is 1.89. The minimum absolute atomic E-state index is 0.0993. The number of oxime groups is 1. The second-order valence-electron chi connectivity index (χ2n) is 3.87. The van der Waals surface area contributed by atoms with Crippen LogP contribution in [0.2, 0.25) is 0 Å². The summed E-state index contributed by atoms with van der Waals surface area (Å²) in [4.78, 5) is 11.6. The third-order valence-electron chi connectivity index (χ3n) is 2.46. The first-order chi connectivity index (χ1) is 10.2. The fourth-order valence-corrected chi connectivity index (χ4v) is 1.49. The van der Waals surface area contributed by atoms with Gasteiger partial charge in [-0.1, -0.05) is 22.5 Å². The van der Waals surface area contributed by atoms with Gasteiger partial charge >= 0.3 is 0 Å². The van der Waals surface area contributed by atoms with Gasteiger partial charge in [-0.05, 0) is 12.1 Å². The highest BCUT2D eigenvalue weighted by atomic mass is 16.5. The molecule has 2 rings (SSSR count). The molecule has 0 aliphatic heterocycles. The quantitative estimate of drug-likeness (QED) is 0.230. The lowest BCUT2D eigenvalue weighted by atomic mass is 10.2. The number of nitrogens with one attached hydrogen (secondary N) is 2. The molecule has 10 nitrogen and oxygen atoms in total. The smallest absolute Gasteiger partial charge is 0.258 e. The zero-order valence-corrected chi connectivity index (χ0v) is 10.9. The maximum atomic E-state index is 11.6. The van der Waals surface area contributed by atoms with E-state index in [1.807, 2.05) is 0 Å². The van der Waals surface area contributed by atoms with Crippen LogP contribution in [0.4, 0.5) is 0 Å². The minimum atomic E-state index is -0.367. The lowest BCUT2D eigenvalue weighted by Gasteiger charge is -2.10. The van der Waals surface area contributed by atoms with E-state index in [0.717, 1.165) is 0 Å². The number of H-pyrrole nitrogens is 1. The van der Waals surface area contributed by atoms with Crippen LogP contribution >= 0.6 is 0 Å². The van der Waals surface area contributed by atoms with Gasteiger partial charge in [-0.15, -0.1) is 10.2 Å². The van der Waals surface area contributed by atoms with Crippen LogP contribution in [-0.2, 0) is 11.3 Å². The number of para-hydroxylation sites is 1. The van der Waals surface area contributed by atoms with Gasteiger partial charge in [-0.3, -0.25) is 4.79 Å². The van der Waals surface area contributed by atoms with E-state index in [0.29, 0.717) is 17.1 Å². The Kier molecular flexibility index (Phi) is 4.64. The summed E-state index contributed by atoms with van der Waals surface area (Å²) in [6, 6.07) is 6.64. The van der Waals surface area contributed by atoms with Crippen LogP contribution in [0.5, 0.6) is 5.75 Å². The average Bonchev–Trinajstić information content (AvgIpc) is 3.04. The molecule has 1 aromatic carbocycles. The van der Waals surface area contributed by atoms with Crippen LogP contribution in [-0.4, -0.2) is 44.2 Å². The van der Waals surface area contributed by atoms with Gasteiger partial charge in [0.2, 0.25) is 0 Å². The second-order valence-corrected chi connectivity index (χ2v) is 3.87. The number of carbonyl (C=O) groups excluding carboxylic acids is 1. The number of hydrogen-bond donors (Lipinski definition) is 4. The van der Waals surface area contributed by atoms with E-state index < -0.39 is 0 Å². The van der Waals surface area contributed by atoms with Gasteiger partial charge in [0.05, 0.1) is 12.1 Å². The normalized spacial score (nSPS) is 11.1. The SMILES string of the molecule is NC(=NO)c1ccccc1OCC(=O)NCc1nn[nH]n1. The standard InChI is InChI=1S/C11H13N7O3/c12-11(16-20)7-3-1-2-4-8(7)21-6-10(19)13-5-9-14-17-18-15-9/h1-4,20H,5-6H2,(H2,12,16)(H,13,19)(H,14,15,17,18). The van der Waals surface area contributed by atoms with Crippen molar-refractivity contribution in [2.75, 3.05) is 6.61 Å². The number of nitrogens with zero attached hydrogens (tertiary/aromatic N) is 4. The topological polar surface area (TPSA) is 151 Å². The maximum absolute atomic E-state index is 11.6. The van der Waals surface area contributed by atoms with Crippen molar-refractivity contribution < 1.29 is 14.7 Å². The number of hydrogen-bond acceptors (Lipinski definition) is 7. The molecule has 0 aliphatic rings. The fourth-order valence-electron chi connectivity index (χ4n) is 1.49. The predicted octanol–water partition coefficient (Wildman–Crippen LogP) is -1.01. The third kappa shape index (κ3) is 3.89. The van der Waals surface area contributed by atoms with Crippen molar-refractivity contribution in [3.63, 3.8) is 0 Å². The summed E-state index contributed by atoms with van der Waals surface area (Å²) in [5.41, 5.74) is 5.91. The molecule has 21 heavy (non-hydrogen) atoms. The number of ether oxygens (including phenoxy) is 1. The number of tetrazole rings is 1. The van der Waals surface area contributed by atoms with Crippen LogP contribution in [0.3, 0.4) is 0 Å². The largest absolute Gasteiger partial charge is 0.483 e. The molecule has 1 heterocycles. The number of carbonyl (C=O) groups is 1. The molecule has 2 aromatic rings. The van der Waals surface area contributed by atoms with Crippen molar-refractivity contribution in [2.24, 2.45) is 10.9 Å².